The predicted octanol–water partition coefficient (Wildman–Crippen LogP) is 4.55. The summed E-state index contributed by atoms with van der Waals surface area (Å²) in [5, 5.41) is 0.294. The van der Waals surface area contributed by atoms with Crippen molar-refractivity contribution in [2.75, 3.05) is 6.61 Å². The first kappa shape index (κ1) is 21.5. The predicted molar refractivity (Wildman–Crippen MR) is 97.8 cm³/mol. The molecule has 0 aliphatic rings. The Bertz CT molecular complexity index is 907. The smallest absolute Gasteiger partial charge is 0.408 e. The number of rotatable bonds is 6. The van der Waals surface area contributed by atoms with E-state index >= 15 is 0 Å². The van der Waals surface area contributed by atoms with Gasteiger partial charge in [-0.05, 0) is 50.1 Å². The molecule has 0 aliphatic carbocycles. The fourth-order valence-corrected chi connectivity index (χ4v) is 4.61. The van der Waals surface area contributed by atoms with Gasteiger partial charge in [0.25, 0.3) is 0 Å². The maximum atomic E-state index is 13.4. The number of nitrogens with one attached hydrogen (secondary N) is 1. The highest BCUT2D eigenvalue weighted by Crippen LogP contribution is 2.27. The molecule has 0 heterocycles. The van der Waals surface area contributed by atoms with Crippen LogP contribution in [0.1, 0.15) is 16.7 Å². The van der Waals surface area contributed by atoms with Gasteiger partial charge in [-0.25, -0.2) is 8.42 Å². The summed E-state index contributed by atoms with van der Waals surface area (Å²) in [4.78, 5) is -0.162. The van der Waals surface area contributed by atoms with Gasteiger partial charge in [0.05, 0.1) is 4.90 Å². The largest absolute Gasteiger partial charge is 0.492 e. The van der Waals surface area contributed by atoms with Crippen molar-refractivity contribution in [3.05, 3.63) is 58.1 Å². The Morgan fingerprint density at radius 2 is 1.70 bits per heavy atom. The number of hydrogen-bond donors (Lipinski definition) is 1. The van der Waals surface area contributed by atoms with Crippen molar-refractivity contribution in [2.24, 2.45) is 0 Å². The van der Waals surface area contributed by atoms with Crippen LogP contribution < -0.4 is 9.46 Å². The molecule has 1 N–H and O–H groups in total. The average Bonchev–Trinajstić information content (AvgIpc) is 2.49. The number of sulfonamides is 1. The van der Waals surface area contributed by atoms with Crippen LogP contribution in [0, 0.1) is 20.8 Å². The quantitative estimate of drug-likeness (QED) is 0.744. The number of halogens is 4. The molecule has 27 heavy (non-hydrogen) atoms. The first-order chi connectivity index (χ1) is 12.4. The van der Waals surface area contributed by atoms with Crippen LogP contribution in [0.5, 0.6) is 5.75 Å². The van der Waals surface area contributed by atoms with E-state index in [0.29, 0.717) is 16.1 Å². The van der Waals surface area contributed by atoms with Gasteiger partial charge < -0.3 is 4.74 Å². The van der Waals surface area contributed by atoms with Gasteiger partial charge in [0.2, 0.25) is 10.0 Å². The minimum atomic E-state index is -4.84. The summed E-state index contributed by atoms with van der Waals surface area (Å²) >= 11 is 5.77. The summed E-state index contributed by atoms with van der Waals surface area (Å²) in [5.74, 6) is 0.110. The molecule has 0 amide bonds. The normalized spacial score (nSPS) is 13.4. The summed E-state index contributed by atoms with van der Waals surface area (Å²) in [5.41, 5.74) is 1.56. The van der Waals surface area contributed by atoms with Crippen molar-refractivity contribution in [2.45, 2.75) is 37.9 Å². The van der Waals surface area contributed by atoms with E-state index < -0.39 is 28.8 Å². The molecule has 0 aliphatic heterocycles. The highest BCUT2D eigenvalue weighted by Gasteiger charge is 2.43. The monoisotopic (exact) mass is 421 g/mol. The van der Waals surface area contributed by atoms with Gasteiger partial charge in [0.15, 0.2) is 6.04 Å². The van der Waals surface area contributed by atoms with Crippen molar-refractivity contribution >= 4 is 21.6 Å². The van der Waals surface area contributed by atoms with Gasteiger partial charge in [0, 0.05) is 5.02 Å². The standard InChI is InChI=1S/C18H19ClF3NO3S/c1-11-7-12(2)17(13(3)8-11)27(24,25)23-16(18(20,21)22)10-26-15-6-4-5-14(19)9-15/h4-9,16,23H,10H2,1-3H3. The molecule has 1 atom stereocenters. The van der Waals surface area contributed by atoms with Gasteiger partial charge in [0.1, 0.15) is 12.4 Å². The Labute approximate surface area is 161 Å². The molecular weight excluding hydrogens is 403 g/mol. The maximum absolute atomic E-state index is 13.4. The zero-order valence-electron chi connectivity index (χ0n) is 14.9. The Morgan fingerprint density at radius 1 is 1.11 bits per heavy atom. The summed E-state index contributed by atoms with van der Waals surface area (Å²) in [7, 11) is -4.41. The SMILES string of the molecule is Cc1cc(C)c(S(=O)(=O)NC(COc2cccc(Cl)c2)C(F)(F)F)c(C)c1. The van der Waals surface area contributed by atoms with E-state index in [9.17, 15) is 21.6 Å². The molecular formula is C18H19ClF3NO3S. The third-order valence-corrected chi connectivity index (χ3v) is 5.79. The van der Waals surface area contributed by atoms with Crippen molar-refractivity contribution in [3.8, 4) is 5.75 Å². The highest BCUT2D eigenvalue weighted by atomic mass is 35.5. The van der Waals surface area contributed by atoms with Gasteiger partial charge in [-0.15, -0.1) is 0 Å². The topological polar surface area (TPSA) is 55.4 Å². The molecule has 0 radical (unpaired) electrons. The van der Waals surface area contributed by atoms with Gasteiger partial charge in [-0.2, -0.15) is 17.9 Å². The van der Waals surface area contributed by atoms with Crippen LogP contribution in [-0.4, -0.2) is 27.2 Å². The average molecular weight is 422 g/mol. The lowest BCUT2D eigenvalue weighted by molar-refractivity contribution is -0.157. The van der Waals surface area contributed by atoms with Crippen LogP contribution in [0.2, 0.25) is 5.02 Å². The molecule has 0 spiro atoms. The first-order valence-corrected chi connectivity index (χ1v) is 9.81. The number of aryl methyl sites for hydroxylation is 3. The molecule has 2 aromatic rings. The lowest BCUT2D eigenvalue weighted by Crippen LogP contribution is -2.49. The molecule has 4 nitrogen and oxygen atoms in total. The molecule has 0 saturated carbocycles. The number of hydrogen-bond acceptors (Lipinski definition) is 3. The fraction of sp³-hybridized carbons (Fsp3) is 0.333. The Kier molecular flexibility index (Phi) is 6.44. The number of ether oxygens (including phenoxy) is 1. The summed E-state index contributed by atoms with van der Waals surface area (Å²) in [6.07, 6.45) is -4.84. The zero-order chi connectivity index (χ0) is 20.4. The van der Waals surface area contributed by atoms with Crippen molar-refractivity contribution in [1.82, 2.24) is 4.72 Å². The van der Waals surface area contributed by atoms with E-state index in [1.54, 1.807) is 43.7 Å². The maximum Gasteiger partial charge on any atom is 0.408 e. The van der Waals surface area contributed by atoms with Crippen LogP contribution in [-0.2, 0) is 10.0 Å². The lowest BCUT2D eigenvalue weighted by Gasteiger charge is -2.23. The van der Waals surface area contributed by atoms with Crippen molar-refractivity contribution in [1.29, 1.82) is 0 Å². The van der Waals surface area contributed by atoms with Gasteiger partial charge in [-0.3, -0.25) is 0 Å². The fourth-order valence-electron chi connectivity index (χ4n) is 2.77. The second-order valence-corrected chi connectivity index (χ2v) is 8.30. The first-order valence-electron chi connectivity index (χ1n) is 7.95. The zero-order valence-corrected chi connectivity index (χ0v) is 16.5. The summed E-state index contributed by atoms with van der Waals surface area (Å²) < 4.78 is 72.2. The second kappa shape index (κ2) is 8.08. The molecule has 9 heteroatoms. The molecule has 2 rings (SSSR count). The van der Waals surface area contributed by atoms with Gasteiger partial charge >= 0.3 is 6.18 Å². The van der Waals surface area contributed by atoms with Gasteiger partial charge in [-0.1, -0.05) is 35.4 Å². The van der Waals surface area contributed by atoms with E-state index in [-0.39, 0.29) is 10.6 Å². The van der Waals surface area contributed by atoms with E-state index in [2.05, 4.69) is 0 Å². The van der Waals surface area contributed by atoms with Crippen LogP contribution in [0.25, 0.3) is 0 Å². The van der Waals surface area contributed by atoms with E-state index in [4.69, 9.17) is 16.3 Å². The minimum absolute atomic E-state index is 0.110. The third kappa shape index (κ3) is 5.60. The Morgan fingerprint density at radius 3 is 2.22 bits per heavy atom. The number of alkyl halides is 3. The van der Waals surface area contributed by atoms with E-state index in [0.717, 1.165) is 5.56 Å². The Hall–Kier alpha value is -1.77. The van der Waals surface area contributed by atoms with Crippen LogP contribution in [0.4, 0.5) is 13.2 Å². The third-order valence-electron chi connectivity index (χ3n) is 3.78. The highest BCUT2D eigenvalue weighted by molar-refractivity contribution is 7.89. The van der Waals surface area contributed by atoms with Crippen LogP contribution in [0.15, 0.2) is 41.3 Å². The second-order valence-electron chi connectivity index (χ2n) is 6.21. The number of benzene rings is 2. The van der Waals surface area contributed by atoms with E-state index in [1.165, 1.54) is 18.2 Å². The lowest BCUT2D eigenvalue weighted by atomic mass is 10.1. The van der Waals surface area contributed by atoms with Crippen LogP contribution >= 0.6 is 11.6 Å². The van der Waals surface area contributed by atoms with Crippen molar-refractivity contribution in [3.63, 3.8) is 0 Å². The summed E-state index contributed by atoms with van der Waals surface area (Å²) in [6, 6.07) is 6.63. The van der Waals surface area contributed by atoms with E-state index in [1.807, 2.05) is 0 Å². The van der Waals surface area contributed by atoms with Crippen LogP contribution in [0.3, 0.4) is 0 Å². The molecule has 148 valence electrons. The Balaban J connectivity index is 2.28. The molecule has 2 aromatic carbocycles. The molecule has 1 unspecified atom stereocenters. The summed E-state index contributed by atoms with van der Waals surface area (Å²) in [6.45, 7) is 3.94. The molecule has 0 saturated heterocycles. The van der Waals surface area contributed by atoms with Crippen molar-refractivity contribution < 1.29 is 26.3 Å². The molecule has 0 bridgehead atoms. The minimum Gasteiger partial charge on any atom is -0.492 e. The molecule has 0 fully saturated rings. The molecule has 0 aromatic heterocycles.